The van der Waals surface area contributed by atoms with Gasteiger partial charge in [-0.05, 0) is 49.7 Å². The highest BCUT2D eigenvalue weighted by Gasteiger charge is 2.18. The zero-order chi connectivity index (χ0) is 19.8. The molecule has 2 aromatic carbocycles. The first-order valence-corrected chi connectivity index (χ1v) is 8.98. The Bertz CT molecular complexity index is 791. The van der Waals surface area contributed by atoms with Gasteiger partial charge in [0.1, 0.15) is 0 Å². The maximum Gasteiger partial charge on any atom is 0.251 e. The quantitative estimate of drug-likeness (QED) is 0.711. The normalized spacial score (nSPS) is 11.5. The summed E-state index contributed by atoms with van der Waals surface area (Å²) in [5.74, 6) is -0.702. The van der Waals surface area contributed by atoms with Crippen molar-refractivity contribution in [3.05, 3.63) is 58.6 Å². The monoisotopic (exact) mass is 390 g/mol. The number of carbonyl (C=O) groups excluding carboxylic acids is 2. The van der Waals surface area contributed by atoms with Crippen LogP contribution in [0.4, 0.5) is 0 Å². The Morgan fingerprint density at radius 1 is 1.04 bits per heavy atom. The summed E-state index contributed by atoms with van der Waals surface area (Å²) in [6.45, 7) is 4.57. The number of carbonyl (C=O) groups is 2. The van der Waals surface area contributed by atoms with E-state index in [2.05, 4.69) is 5.32 Å². The van der Waals surface area contributed by atoms with Crippen molar-refractivity contribution in [2.24, 2.45) is 0 Å². The molecule has 0 saturated carbocycles. The zero-order valence-corrected chi connectivity index (χ0v) is 15.9. The number of benzene rings is 2. The molecule has 27 heavy (non-hydrogen) atoms. The van der Waals surface area contributed by atoms with Gasteiger partial charge in [-0.15, -0.1) is 0 Å². The molecular weight excluding hydrogens is 370 g/mol. The third-order valence-corrected chi connectivity index (χ3v) is 4.01. The van der Waals surface area contributed by atoms with E-state index >= 15 is 0 Å². The molecule has 0 radical (unpaired) electrons. The molecule has 0 fully saturated rings. The van der Waals surface area contributed by atoms with Gasteiger partial charge >= 0.3 is 0 Å². The average molecular weight is 391 g/mol. The van der Waals surface area contributed by atoms with E-state index in [0.717, 1.165) is 0 Å². The van der Waals surface area contributed by atoms with Gasteiger partial charge in [0.15, 0.2) is 11.5 Å². The van der Waals surface area contributed by atoms with E-state index in [1.54, 1.807) is 42.5 Å². The summed E-state index contributed by atoms with van der Waals surface area (Å²) in [5, 5.41) is 14.3. The Kier molecular flexibility index (Phi) is 7.49. The Morgan fingerprint density at radius 3 is 2.26 bits per heavy atom. The molecule has 7 heteroatoms. The maximum absolute atomic E-state index is 12.7. The van der Waals surface area contributed by atoms with Gasteiger partial charge in [-0.25, -0.2) is 0 Å². The molecule has 1 atom stereocenters. The predicted octanol–water partition coefficient (Wildman–Crippen LogP) is 2.75. The van der Waals surface area contributed by atoms with Gasteiger partial charge < -0.3 is 24.7 Å². The third-order valence-electron chi connectivity index (χ3n) is 3.75. The fourth-order valence-corrected chi connectivity index (χ4v) is 2.67. The van der Waals surface area contributed by atoms with Crippen molar-refractivity contribution < 1.29 is 24.2 Å². The van der Waals surface area contributed by atoms with Crippen molar-refractivity contribution >= 4 is 23.5 Å². The second-order valence-corrected chi connectivity index (χ2v) is 6.12. The van der Waals surface area contributed by atoms with Crippen LogP contribution in [-0.4, -0.2) is 25.1 Å². The molecule has 0 spiro atoms. The van der Waals surface area contributed by atoms with Gasteiger partial charge in [0, 0.05) is 23.0 Å². The summed E-state index contributed by atoms with van der Waals surface area (Å²) < 4.78 is 11.0. The number of halogens is 1. The van der Waals surface area contributed by atoms with Gasteiger partial charge in [0.2, 0.25) is 0 Å². The van der Waals surface area contributed by atoms with Crippen LogP contribution in [0.2, 0.25) is 5.02 Å². The lowest BCUT2D eigenvalue weighted by molar-refractivity contribution is -0.306. The highest BCUT2D eigenvalue weighted by atomic mass is 35.5. The lowest BCUT2D eigenvalue weighted by Gasteiger charge is -2.20. The first kappa shape index (κ1) is 20.6. The summed E-state index contributed by atoms with van der Waals surface area (Å²) in [4.78, 5) is 23.8. The smallest absolute Gasteiger partial charge is 0.251 e. The van der Waals surface area contributed by atoms with E-state index in [0.29, 0.717) is 40.9 Å². The summed E-state index contributed by atoms with van der Waals surface area (Å²) in [7, 11) is 0. The minimum Gasteiger partial charge on any atom is -0.550 e. The van der Waals surface area contributed by atoms with Gasteiger partial charge in [-0.3, -0.25) is 4.79 Å². The van der Waals surface area contributed by atoms with E-state index in [4.69, 9.17) is 21.1 Å². The second-order valence-electron chi connectivity index (χ2n) is 5.68. The number of hydrogen-bond acceptors (Lipinski definition) is 5. The number of rotatable bonds is 9. The van der Waals surface area contributed by atoms with E-state index < -0.39 is 17.9 Å². The molecule has 0 bridgehead atoms. The average Bonchev–Trinajstić information content (AvgIpc) is 2.63. The van der Waals surface area contributed by atoms with Crippen LogP contribution in [-0.2, 0) is 4.79 Å². The summed E-state index contributed by atoms with van der Waals surface area (Å²) in [6, 6.07) is 10.7. The number of carboxylic acid groups (broad SMARTS) is 1. The SMILES string of the molecule is CCOc1ccc(C(=O)N[C@H](CC(=O)[O-])c2ccc(Cl)cc2)cc1OCC. The molecule has 0 saturated heterocycles. The third kappa shape index (κ3) is 5.89. The standard InChI is InChI=1S/C20H22ClNO5/c1-3-26-17-10-7-14(11-18(17)27-4-2)20(25)22-16(12-19(23)24)13-5-8-15(21)9-6-13/h5-11,16H,3-4,12H2,1-2H3,(H,22,25)(H,23,24)/p-1/t16-/m1/s1. The fraction of sp³-hybridized carbons (Fsp3) is 0.300. The van der Waals surface area contributed by atoms with Gasteiger partial charge in [-0.1, -0.05) is 23.7 Å². The molecule has 6 nitrogen and oxygen atoms in total. The minimum atomic E-state index is -1.27. The predicted molar refractivity (Wildman–Crippen MR) is 100 cm³/mol. The van der Waals surface area contributed by atoms with E-state index in [-0.39, 0.29) is 6.42 Å². The summed E-state index contributed by atoms with van der Waals surface area (Å²) in [6.07, 6.45) is -0.358. The summed E-state index contributed by atoms with van der Waals surface area (Å²) >= 11 is 5.87. The number of hydrogen-bond donors (Lipinski definition) is 1. The molecule has 0 aliphatic rings. The van der Waals surface area contributed by atoms with Gasteiger partial charge in [0.25, 0.3) is 5.91 Å². The topological polar surface area (TPSA) is 87.7 Å². The molecule has 0 aromatic heterocycles. The van der Waals surface area contributed by atoms with Crippen LogP contribution in [0.5, 0.6) is 11.5 Å². The first-order chi connectivity index (χ1) is 12.9. The van der Waals surface area contributed by atoms with Crippen molar-refractivity contribution in [1.29, 1.82) is 0 Å². The molecule has 2 rings (SSSR count). The number of nitrogens with one attached hydrogen (secondary N) is 1. The highest BCUT2D eigenvalue weighted by molar-refractivity contribution is 6.30. The van der Waals surface area contributed by atoms with Crippen molar-refractivity contribution in [3.63, 3.8) is 0 Å². The number of amides is 1. The van der Waals surface area contributed by atoms with Crippen LogP contribution < -0.4 is 19.9 Å². The van der Waals surface area contributed by atoms with Crippen LogP contribution in [0.3, 0.4) is 0 Å². The first-order valence-electron chi connectivity index (χ1n) is 8.60. The number of aliphatic carboxylic acids is 1. The van der Waals surface area contributed by atoms with Crippen LogP contribution in [0.25, 0.3) is 0 Å². The molecule has 1 N–H and O–H groups in total. The lowest BCUT2D eigenvalue weighted by Crippen LogP contribution is -2.34. The van der Waals surface area contributed by atoms with Crippen molar-refractivity contribution in [2.45, 2.75) is 26.3 Å². The van der Waals surface area contributed by atoms with E-state index in [1.807, 2.05) is 13.8 Å². The van der Waals surface area contributed by atoms with Crippen LogP contribution in [0.1, 0.15) is 42.2 Å². The molecule has 0 unspecified atom stereocenters. The van der Waals surface area contributed by atoms with Crippen LogP contribution in [0, 0.1) is 0 Å². The van der Waals surface area contributed by atoms with Crippen molar-refractivity contribution in [2.75, 3.05) is 13.2 Å². The Hall–Kier alpha value is -2.73. The Balaban J connectivity index is 2.24. The summed E-state index contributed by atoms with van der Waals surface area (Å²) in [5.41, 5.74) is 0.951. The van der Waals surface area contributed by atoms with Gasteiger partial charge in [-0.2, -0.15) is 0 Å². The van der Waals surface area contributed by atoms with Crippen molar-refractivity contribution in [3.8, 4) is 11.5 Å². The molecule has 0 aliphatic heterocycles. The maximum atomic E-state index is 12.7. The highest BCUT2D eigenvalue weighted by Crippen LogP contribution is 2.29. The molecule has 1 amide bonds. The lowest BCUT2D eigenvalue weighted by atomic mass is 10.0. The molecule has 0 heterocycles. The van der Waals surface area contributed by atoms with Crippen LogP contribution >= 0.6 is 11.6 Å². The van der Waals surface area contributed by atoms with E-state index in [1.165, 1.54) is 0 Å². The second kappa shape index (κ2) is 9.83. The zero-order valence-electron chi connectivity index (χ0n) is 15.2. The Labute approximate surface area is 163 Å². The molecule has 144 valence electrons. The molecule has 0 aliphatic carbocycles. The molecular formula is C20H21ClNO5-. The van der Waals surface area contributed by atoms with Crippen molar-refractivity contribution in [1.82, 2.24) is 5.32 Å². The number of ether oxygens (including phenoxy) is 2. The van der Waals surface area contributed by atoms with E-state index in [9.17, 15) is 14.7 Å². The van der Waals surface area contributed by atoms with Crippen LogP contribution in [0.15, 0.2) is 42.5 Å². The molecule has 2 aromatic rings. The fourth-order valence-electron chi connectivity index (χ4n) is 2.55. The van der Waals surface area contributed by atoms with Gasteiger partial charge in [0.05, 0.1) is 19.3 Å². The largest absolute Gasteiger partial charge is 0.550 e. The Morgan fingerprint density at radius 2 is 1.67 bits per heavy atom. The number of carboxylic acids is 1. The minimum absolute atomic E-state index is 0.333.